The Balaban J connectivity index is 2.29. The van der Waals surface area contributed by atoms with E-state index in [1.54, 1.807) is 6.07 Å². The molecule has 1 aliphatic rings. The van der Waals surface area contributed by atoms with Gasteiger partial charge in [0.2, 0.25) is 5.88 Å². The lowest BCUT2D eigenvalue weighted by Gasteiger charge is -2.13. The highest BCUT2D eigenvalue weighted by Crippen LogP contribution is 2.34. The van der Waals surface area contributed by atoms with Crippen LogP contribution in [0, 0.1) is 0 Å². The Hall–Kier alpha value is -2.80. The normalized spacial score (nSPS) is 17.1. The summed E-state index contributed by atoms with van der Waals surface area (Å²) in [7, 11) is 0. The first-order valence-electron chi connectivity index (χ1n) is 6.70. The number of phenols is 1. The molecule has 0 fully saturated rings. The van der Waals surface area contributed by atoms with E-state index in [2.05, 4.69) is 0 Å². The van der Waals surface area contributed by atoms with Gasteiger partial charge in [-0.1, -0.05) is 0 Å². The molecular formula is C15H14N2O5. The predicted octanol–water partition coefficient (Wildman–Crippen LogP) is 0.669. The van der Waals surface area contributed by atoms with Gasteiger partial charge in [-0.3, -0.25) is 0 Å². The smallest absolute Gasteiger partial charge is 0.359 e. The van der Waals surface area contributed by atoms with Gasteiger partial charge in [-0.05, 0) is 38.1 Å². The summed E-state index contributed by atoms with van der Waals surface area (Å²) in [6, 6.07) is 4.55. The van der Waals surface area contributed by atoms with Crippen LogP contribution >= 0.6 is 0 Å². The molecule has 1 aromatic carbocycles. The van der Waals surface area contributed by atoms with Crippen molar-refractivity contribution in [1.82, 2.24) is 4.73 Å². The van der Waals surface area contributed by atoms with Gasteiger partial charge in [0.1, 0.15) is 5.75 Å². The standard InChI is InChI=1S/C15H14N2O5/c1-8-6-13(19)21-14-10(4-5-16)11-7-9(18)2-3-12(11)17(14)22-15(8)20/h2-3,6-7,18H,4-5,16H2,1H3/b8-6-. The summed E-state index contributed by atoms with van der Waals surface area (Å²) in [5, 5.41) is 10.3. The van der Waals surface area contributed by atoms with Crippen molar-refractivity contribution in [3.63, 3.8) is 0 Å². The summed E-state index contributed by atoms with van der Waals surface area (Å²) in [6.07, 6.45) is 1.48. The predicted molar refractivity (Wildman–Crippen MR) is 77.3 cm³/mol. The van der Waals surface area contributed by atoms with E-state index in [-0.39, 0.29) is 17.2 Å². The van der Waals surface area contributed by atoms with Gasteiger partial charge in [-0.25, -0.2) is 9.59 Å². The second-order valence-corrected chi connectivity index (χ2v) is 4.95. The lowest BCUT2D eigenvalue weighted by atomic mass is 10.1. The molecule has 1 aromatic heterocycles. The van der Waals surface area contributed by atoms with E-state index in [4.69, 9.17) is 15.3 Å². The summed E-state index contributed by atoms with van der Waals surface area (Å²) in [4.78, 5) is 29.1. The molecule has 1 aliphatic heterocycles. The third-order valence-corrected chi connectivity index (χ3v) is 3.39. The molecule has 22 heavy (non-hydrogen) atoms. The van der Waals surface area contributed by atoms with E-state index in [1.807, 2.05) is 0 Å². The second-order valence-electron chi connectivity index (χ2n) is 4.95. The number of carbonyl (C=O) groups is 2. The van der Waals surface area contributed by atoms with Crippen molar-refractivity contribution >= 4 is 22.8 Å². The molecule has 3 N–H and O–H groups in total. The highest BCUT2D eigenvalue weighted by atomic mass is 16.7. The van der Waals surface area contributed by atoms with E-state index in [0.29, 0.717) is 29.4 Å². The molecule has 0 atom stereocenters. The average molecular weight is 302 g/mol. The monoisotopic (exact) mass is 302 g/mol. The van der Waals surface area contributed by atoms with Gasteiger partial charge >= 0.3 is 11.9 Å². The summed E-state index contributed by atoms with van der Waals surface area (Å²) in [5.74, 6) is -1.16. The van der Waals surface area contributed by atoms with Crippen molar-refractivity contribution in [2.75, 3.05) is 6.54 Å². The molecule has 3 rings (SSSR count). The van der Waals surface area contributed by atoms with E-state index in [1.165, 1.54) is 19.1 Å². The number of carbonyl (C=O) groups excluding carboxylic acids is 2. The van der Waals surface area contributed by atoms with Crippen molar-refractivity contribution in [3.8, 4) is 11.6 Å². The summed E-state index contributed by atoms with van der Waals surface area (Å²) >= 11 is 0. The minimum absolute atomic E-state index is 0.0521. The zero-order valence-corrected chi connectivity index (χ0v) is 11.8. The van der Waals surface area contributed by atoms with Gasteiger partial charge in [0.05, 0.1) is 5.52 Å². The molecule has 0 saturated carbocycles. The van der Waals surface area contributed by atoms with Crippen molar-refractivity contribution in [2.45, 2.75) is 13.3 Å². The lowest BCUT2D eigenvalue weighted by Crippen LogP contribution is -2.26. The van der Waals surface area contributed by atoms with Crippen LogP contribution in [0.25, 0.3) is 10.9 Å². The quantitative estimate of drug-likeness (QED) is 0.790. The van der Waals surface area contributed by atoms with Crippen LogP contribution < -0.4 is 15.3 Å². The van der Waals surface area contributed by atoms with Crippen LogP contribution in [0.2, 0.25) is 0 Å². The van der Waals surface area contributed by atoms with E-state index in [0.717, 1.165) is 10.8 Å². The van der Waals surface area contributed by atoms with Crippen molar-refractivity contribution in [1.29, 1.82) is 0 Å². The van der Waals surface area contributed by atoms with Gasteiger partial charge in [-0.15, -0.1) is 4.73 Å². The number of hydrogen-bond acceptors (Lipinski definition) is 6. The van der Waals surface area contributed by atoms with Crippen LogP contribution in [0.1, 0.15) is 12.5 Å². The van der Waals surface area contributed by atoms with Crippen molar-refractivity contribution in [3.05, 3.63) is 35.4 Å². The molecule has 114 valence electrons. The van der Waals surface area contributed by atoms with Crippen LogP contribution in [-0.4, -0.2) is 28.3 Å². The molecule has 7 heteroatoms. The lowest BCUT2D eigenvalue weighted by molar-refractivity contribution is -0.143. The first-order chi connectivity index (χ1) is 10.5. The zero-order valence-electron chi connectivity index (χ0n) is 11.8. The maximum Gasteiger partial charge on any atom is 0.359 e. The van der Waals surface area contributed by atoms with Crippen LogP contribution in [0.5, 0.6) is 11.6 Å². The van der Waals surface area contributed by atoms with E-state index in [9.17, 15) is 14.7 Å². The second kappa shape index (κ2) is 5.19. The molecular weight excluding hydrogens is 288 g/mol. The fourth-order valence-corrected chi connectivity index (χ4v) is 2.38. The van der Waals surface area contributed by atoms with E-state index < -0.39 is 11.9 Å². The number of aromatic nitrogens is 1. The molecule has 0 spiro atoms. The van der Waals surface area contributed by atoms with Crippen molar-refractivity contribution in [2.24, 2.45) is 5.73 Å². The molecule has 2 heterocycles. The molecule has 2 aromatic rings. The van der Waals surface area contributed by atoms with Gasteiger partial charge < -0.3 is 20.4 Å². The van der Waals surface area contributed by atoms with Crippen LogP contribution in [0.3, 0.4) is 0 Å². The number of nitrogens with zero attached hydrogens (tertiary/aromatic N) is 1. The van der Waals surface area contributed by atoms with Crippen LogP contribution in [0.15, 0.2) is 29.8 Å². The molecule has 0 amide bonds. The molecule has 0 aliphatic carbocycles. The Bertz CT molecular complexity index is 819. The molecule has 0 saturated heterocycles. The highest BCUT2D eigenvalue weighted by Gasteiger charge is 2.26. The van der Waals surface area contributed by atoms with Gasteiger partial charge in [-0.2, -0.15) is 0 Å². The summed E-state index contributed by atoms with van der Waals surface area (Å²) in [5.41, 5.74) is 6.85. The first kappa shape index (κ1) is 14.2. The Morgan fingerprint density at radius 2 is 2.09 bits per heavy atom. The SMILES string of the molecule is C/C1=C/C(=O)Oc2c(CCN)c3cc(O)ccc3n2OC1=O. The number of nitrogens with two attached hydrogens (primary N) is 1. The van der Waals surface area contributed by atoms with Crippen molar-refractivity contribution < 1.29 is 24.3 Å². The largest absolute Gasteiger partial charge is 0.508 e. The van der Waals surface area contributed by atoms with Gasteiger partial charge in [0.15, 0.2) is 0 Å². The minimum Gasteiger partial charge on any atom is -0.508 e. The maximum absolute atomic E-state index is 12.0. The number of rotatable bonds is 2. The highest BCUT2D eigenvalue weighted by molar-refractivity contribution is 5.99. The number of hydrogen-bond donors (Lipinski definition) is 2. The maximum atomic E-state index is 12.0. The Morgan fingerprint density at radius 3 is 2.82 bits per heavy atom. The molecule has 0 bridgehead atoms. The van der Waals surface area contributed by atoms with E-state index >= 15 is 0 Å². The summed E-state index contributed by atoms with van der Waals surface area (Å²) < 4.78 is 6.46. The Kier molecular flexibility index (Phi) is 3.34. The fraction of sp³-hybridized carbons (Fsp3) is 0.200. The summed E-state index contributed by atoms with van der Waals surface area (Å²) in [6.45, 7) is 1.77. The zero-order chi connectivity index (χ0) is 15.9. The number of esters is 1. The van der Waals surface area contributed by atoms with Gasteiger partial charge in [0.25, 0.3) is 0 Å². The number of aromatic hydroxyl groups is 1. The fourth-order valence-electron chi connectivity index (χ4n) is 2.38. The number of fused-ring (bicyclic) bond motifs is 3. The van der Waals surface area contributed by atoms with Crippen LogP contribution in [0.4, 0.5) is 0 Å². The Morgan fingerprint density at radius 1 is 1.32 bits per heavy atom. The number of phenolic OH excluding ortho intramolecular Hbond substituents is 1. The molecule has 7 nitrogen and oxygen atoms in total. The third kappa shape index (κ3) is 2.21. The van der Waals surface area contributed by atoms with Crippen LogP contribution in [-0.2, 0) is 16.0 Å². The molecule has 0 unspecified atom stereocenters. The van der Waals surface area contributed by atoms with Gasteiger partial charge in [0, 0.05) is 22.6 Å². The molecule has 0 radical (unpaired) electrons. The number of benzene rings is 1. The average Bonchev–Trinajstić information content (AvgIpc) is 2.72. The first-order valence-corrected chi connectivity index (χ1v) is 6.70. The third-order valence-electron chi connectivity index (χ3n) is 3.39. The Labute approximate surface area is 125 Å². The minimum atomic E-state index is -0.666. The topological polar surface area (TPSA) is 104 Å². The number of ether oxygens (including phenoxy) is 1.